The molecule has 2 heterocycles. The van der Waals surface area contributed by atoms with Gasteiger partial charge in [0.2, 0.25) is 5.91 Å². The summed E-state index contributed by atoms with van der Waals surface area (Å²) in [5, 5.41) is 0. The van der Waals surface area contributed by atoms with Crippen LogP contribution in [0, 0.1) is 0 Å². The predicted octanol–water partition coefficient (Wildman–Crippen LogP) is 2.90. The first kappa shape index (κ1) is 17.6. The number of fused-ring (bicyclic) bond motifs is 1. The molecule has 2 aliphatic rings. The molecule has 2 amide bonds. The summed E-state index contributed by atoms with van der Waals surface area (Å²) in [5.41, 5.74) is 4.47. The fourth-order valence-corrected chi connectivity index (χ4v) is 4.02. The van der Waals surface area contributed by atoms with Crippen LogP contribution in [0.5, 0.6) is 0 Å². The summed E-state index contributed by atoms with van der Waals surface area (Å²) in [6.45, 7) is 7.47. The molecule has 4 rings (SSSR count). The van der Waals surface area contributed by atoms with Gasteiger partial charge in [0.05, 0.1) is 0 Å². The molecule has 0 bridgehead atoms. The lowest BCUT2D eigenvalue weighted by atomic mass is 10.1. The molecule has 0 saturated carbocycles. The van der Waals surface area contributed by atoms with Gasteiger partial charge in [-0.15, -0.1) is 0 Å². The third-order valence-corrected chi connectivity index (χ3v) is 5.71. The second kappa shape index (κ2) is 7.06. The second-order valence-corrected chi connectivity index (χ2v) is 7.26. The lowest BCUT2D eigenvalue weighted by Crippen LogP contribution is -2.57. The molecule has 0 radical (unpaired) electrons. The van der Waals surface area contributed by atoms with Gasteiger partial charge in [0, 0.05) is 44.0 Å². The van der Waals surface area contributed by atoms with Crippen LogP contribution >= 0.6 is 0 Å². The van der Waals surface area contributed by atoms with Crippen molar-refractivity contribution >= 4 is 17.5 Å². The Morgan fingerprint density at radius 2 is 1.63 bits per heavy atom. The van der Waals surface area contributed by atoms with Gasteiger partial charge < -0.3 is 14.7 Å². The van der Waals surface area contributed by atoms with Crippen LogP contribution in [0.1, 0.15) is 35.3 Å². The number of nitrogens with zero attached hydrogens (tertiary/aromatic N) is 3. The fourth-order valence-electron chi connectivity index (χ4n) is 4.02. The molecule has 1 saturated heterocycles. The highest BCUT2D eigenvalue weighted by atomic mass is 16.2. The standard InChI is InChI=1S/C22H25N3O2/c1-3-23-12-13-25(16(2)21(23)26)22(27)17-8-10-20(11-9-17)24-14-18-6-4-5-7-19(18)15-24/h4-11,16H,3,12-15H2,1-2H3. The molecule has 2 aromatic carbocycles. The van der Waals surface area contributed by atoms with Gasteiger partial charge in [-0.3, -0.25) is 9.59 Å². The molecule has 1 fully saturated rings. The largest absolute Gasteiger partial charge is 0.363 e. The van der Waals surface area contributed by atoms with E-state index < -0.39 is 6.04 Å². The summed E-state index contributed by atoms with van der Waals surface area (Å²) in [6, 6.07) is 15.9. The van der Waals surface area contributed by atoms with Crippen molar-refractivity contribution in [3.8, 4) is 0 Å². The number of benzene rings is 2. The average molecular weight is 363 g/mol. The molecule has 2 aliphatic heterocycles. The van der Waals surface area contributed by atoms with E-state index in [1.807, 2.05) is 43.0 Å². The van der Waals surface area contributed by atoms with E-state index in [1.54, 1.807) is 4.90 Å². The number of anilines is 1. The minimum absolute atomic E-state index is 0.0311. The highest BCUT2D eigenvalue weighted by molar-refractivity contribution is 5.98. The van der Waals surface area contributed by atoms with Crippen molar-refractivity contribution in [2.75, 3.05) is 24.5 Å². The van der Waals surface area contributed by atoms with Crippen LogP contribution in [0.3, 0.4) is 0 Å². The van der Waals surface area contributed by atoms with Gasteiger partial charge in [-0.05, 0) is 49.2 Å². The van der Waals surface area contributed by atoms with Gasteiger partial charge in [-0.25, -0.2) is 0 Å². The Morgan fingerprint density at radius 1 is 1.00 bits per heavy atom. The summed E-state index contributed by atoms with van der Waals surface area (Å²) in [5.74, 6) is -0.0357. The first-order valence-electron chi connectivity index (χ1n) is 9.60. The number of amides is 2. The number of rotatable bonds is 3. The molecule has 0 spiro atoms. The Kier molecular flexibility index (Phi) is 4.60. The molecule has 5 heteroatoms. The van der Waals surface area contributed by atoms with Gasteiger partial charge in [0.1, 0.15) is 6.04 Å². The molecule has 0 N–H and O–H groups in total. The van der Waals surface area contributed by atoms with Gasteiger partial charge in [0.25, 0.3) is 5.91 Å². The van der Waals surface area contributed by atoms with Crippen molar-refractivity contribution in [1.82, 2.24) is 9.80 Å². The van der Waals surface area contributed by atoms with E-state index in [-0.39, 0.29) is 11.8 Å². The van der Waals surface area contributed by atoms with Crippen LogP contribution in [0.2, 0.25) is 0 Å². The molecule has 27 heavy (non-hydrogen) atoms. The Labute approximate surface area is 160 Å². The van der Waals surface area contributed by atoms with Crippen molar-refractivity contribution < 1.29 is 9.59 Å². The van der Waals surface area contributed by atoms with Gasteiger partial charge in [-0.1, -0.05) is 24.3 Å². The monoisotopic (exact) mass is 363 g/mol. The Bertz CT molecular complexity index is 837. The Morgan fingerprint density at radius 3 is 2.22 bits per heavy atom. The number of piperazine rings is 1. The van der Waals surface area contributed by atoms with Gasteiger partial charge >= 0.3 is 0 Å². The zero-order valence-electron chi connectivity index (χ0n) is 15.9. The molecular formula is C22H25N3O2. The van der Waals surface area contributed by atoms with Gasteiger partial charge in [0.15, 0.2) is 0 Å². The van der Waals surface area contributed by atoms with Gasteiger partial charge in [-0.2, -0.15) is 0 Å². The number of hydrogen-bond donors (Lipinski definition) is 0. The van der Waals surface area contributed by atoms with Crippen LogP contribution in [0.25, 0.3) is 0 Å². The van der Waals surface area contributed by atoms with Crippen molar-refractivity contribution in [3.63, 3.8) is 0 Å². The summed E-state index contributed by atoms with van der Waals surface area (Å²) in [6.07, 6.45) is 0. The molecule has 2 aromatic rings. The minimum Gasteiger partial charge on any atom is -0.363 e. The van der Waals surface area contributed by atoms with Crippen LogP contribution in [-0.2, 0) is 17.9 Å². The lowest BCUT2D eigenvalue weighted by Gasteiger charge is -2.38. The third-order valence-electron chi connectivity index (χ3n) is 5.71. The summed E-state index contributed by atoms with van der Waals surface area (Å²) >= 11 is 0. The van der Waals surface area contributed by atoms with E-state index >= 15 is 0 Å². The maximum absolute atomic E-state index is 12.9. The maximum atomic E-state index is 12.9. The normalized spacial score (nSPS) is 19.4. The quantitative estimate of drug-likeness (QED) is 0.842. The van der Waals surface area contributed by atoms with Crippen molar-refractivity contribution in [2.45, 2.75) is 33.0 Å². The van der Waals surface area contributed by atoms with E-state index in [4.69, 9.17) is 0 Å². The molecule has 0 aromatic heterocycles. The SMILES string of the molecule is CCN1CCN(C(=O)c2ccc(N3Cc4ccccc4C3)cc2)C(C)C1=O. The fraction of sp³-hybridized carbons (Fsp3) is 0.364. The summed E-state index contributed by atoms with van der Waals surface area (Å²) in [4.78, 5) is 31.1. The number of carbonyl (C=O) groups is 2. The molecule has 1 atom stereocenters. The minimum atomic E-state index is -0.404. The third kappa shape index (κ3) is 3.18. The van der Waals surface area contributed by atoms with E-state index in [9.17, 15) is 9.59 Å². The van der Waals surface area contributed by atoms with E-state index in [0.717, 1.165) is 18.8 Å². The Balaban J connectivity index is 1.47. The molecule has 0 aliphatic carbocycles. The Hall–Kier alpha value is -2.82. The zero-order valence-corrected chi connectivity index (χ0v) is 15.9. The number of likely N-dealkylation sites (N-methyl/N-ethyl adjacent to an activating group) is 1. The number of carbonyl (C=O) groups excluding carboxylic acids is 2. The topological polar surface area (TPSA) is 43.9 Å². The molecule has 140 valence electrons. The molecule has 5 nitrogen and oxygen atoms in total. The van der Waals surface area contributed by atoms with Crippen LogP contribution in [-0.4, -0.2) is 47.3 Å². The van der Waals surface area contributed by atoms with Crippen molar-refractivity contribution in [2.24, 2.45) is 0 Å². The first-order valence-corrected chi connectivity index (χ1v) is 9.60. The molecular weight excluding hydrogens is 338 g/mol. The first-order chi connectivity index (χ1) is 13.1. The highest BCUT2D eigenvalue weighted by Crippen LogP contribution is 2.28. The van der Waals surface area contributed by atoms with E-state index in [2.05, 4.69) is 29.2 Å². The van der Waals surface area contributed by atoms with Crippen molar-refractivity contribution in [3.05, 3.63) is 65.2 Å². The number of hydrogen-bond acceptors (Lipinski definition) is 3. The van der Waals surface area contributed by atoms with Crippen LogP contribution in [0.4, 0.5) is 5.69 Å². The molecule has 1 unspecified atom stereocenters. The summed E-state index contributed by atoms with van der Waals surface area (Å²) < 4.78 is 0. The second-order valence-electron chi connectivity index (χ2n) is 7.26. The van der Waals surface area contributed by atoms with Crippen LogP contribution in [0.15, 0.2) is 48.5 Å². The van der Waals surface area contributed by atoms with Crippen molar-refractivity contribution in [1.29, 1.82) is 0 Å². The van der Waals surface area contributed by atoms with Crippen LogP contribution < -0.4 is 4.90 Å². The smallest absolute Gasteiger partial charge is 0.254 e. The summed E-state index contributed by atoms with van der Waals surface area (Å²) in [7, 11) is 0. The maximum Gasteiger partial charge on any atom is 0.254 e. The predicted molar refractivity (Wildman–Crippen MR) is 106 cm³/mol. The lowest BCUT2D eigenvalue weighted by molar-refractivity contribution is -0.139. The van der Waals surface area contributed by atoms with E-state index in [1.165, 1.54) is 11.1 Å². The zero-order chi connectivity index (χ0) is 19.0. The van der Waals surface area contributed by atoms with E-state index in [0.29, 0.717) is 25.2 Å². The average Bonchev–Trinajstić information content (AvgIpc) is 3.14. The highest BCUT2D eigenvalue weighted by Gasteiger charge is 2.33.